The fourth-order valence-electron chi connectivity index (χ4n) is 2.95. The molecular formula is C19H39NO3S2Si. The summed E-state index contributed by atoms with van der Waals surface area (Å²) in [6, 6.07) is 0. The fraction of sp³-hybridized carbons (Fsp3) is 0.947. The van der Waals surface area contributed by atoms with Gasteiger partial charge in [0.2, 0.25) is 0 Å². The SMILES string of the molecule is CC(C)O[SiH2]OC(C)C.CCN(CC)C(=S)SCCC1CCC2OC2C1. The lowest BCUT2D eigenvalue weighted by molar-refractivity contribution is 0.152. The standard InChI is InChI=1S/C13H23NOS2.C6H16O2Si/c1-3-14(4-2)13(16)17-8-7-10-5-6-11-12(9-10)15-11;1-5(2)7-9-8-6(3)4/h10-12H,3-9H2,1-2H3;5-6H,9H2,1-4H3. The van der Waals surface area contributed by atoms with E-state index in [2.05, 4.69) is 18.7 Å². The van der Waals surface area contributed by atoms with Gasteiger partial charge in [0.15, 0.2) is 0 Å². The molecule has 1 saturated heterocycles. The summed E-state index contributed by atoms with van der Waals surface area (Å²) >= 11 is 7.29. The van der Waals surface area contributed by atoms with Crippen LogP contribution in [-0.2, 0) is 13.6 Å². The van der Waals surface area contributed by atoms with Crippen LogP contribution in [0.5, 0.6) is 0 Å². The Labute approximate surface area is 173 Å². The van der Waals surface area contributed by atoms with E-state index < -0.39 is 10.0 Å². The van der Waals surface area contributed by atoms with Gasteiger partial charge in [-0.25, -0.2) is 0 Å². The van der Waals surface area contributed by atoms with Crippen LogP contribution in [0, 0.1) is 5.92 Å². The monoisotopic (exact) mass is 421 g/mol. The minimum atomic E-state index is -0.684. The third-order valence-electron chi connectivity index (χ3n) is 4.69. The Morgan fingerprint density at radius 3 is 2.23 bits per heavy atom. The van der Waals surface area contributed by atoms with Crippen molar-refractivity contribution < 1.29 is 13.6 Å². The summed E-state index contributed by atoms with van der Waals surface area (Å²) in [6.07, 6.45) is 7.16. The van der Waals surface area contributed by atoms with Gasteiger partial charge < -0.3 is 18.5 Å². The maximum absolute atomic E-state index is 5.57. The zero-order valence-corrected chi connectivity index (χ0v) is 20.6. The molecule has 7 heteroatoms. The van der Waals surface area contributed by atoms with Crippen molar-refractivity contribution in [2.24, 2.45) is 5.92 Å². The predicted octanol–water partition coefficient (Wildman–Crippen LogP) is 4.14. The first-order valence-corrected chi connectivity index (χ1v) is 12.7. The topological polar surface area (TPSA) is 34.2 Å². The molecule has 2 fully saturated rings. The highest BCUT2D eigenvalue weighted by atomic mass is 32.2. The second kappa shape index (κ2) is 13.5. The number of thioether (sulfide) groups is 1. The summed E-state index contributed by atoms with van der Waals surface area (Å²) in [5, 5.41) is 0. The van der Waals surface area contributed by atoms with Gasteiger partial charge in [-0.3, -0.25) is 0 Å². The Bertz CT molecular complexity index is 387. The van der Waals surface area contributed by atoms with E-state index in [1.807, 2.05) is 39.5 Å². The molecule has 0 aromatic carbocycles. The maximum Gasteiger partial charge on any atom is 0.304 e. The third kappa shape index (κ3) is 10.6. The number of rotatable bonds is 9. The number of nitrogens with zero attached hydrogens (tertiary/aromatic N) is 1. The molecule has 0 N–H and O–H groups in total. The molecule has 0 amide bonds. The molecule has 3 atom stereocenters. The largest absolute Gasteiger partial charge is 0.396 e. The normalized spacial score (nSPS) is 24.1. The molecule has 0 radical (unpaired) electrons. The van der Waals surface area contributed by atoms with E-state index in [0.717, 1.165) is 23.3 Å². The lowest BCUT2D eigenvalue weighted by Crippen LogP contribution is -2.27. The van der Waals surface area contributed by atoms with Crippen LogP contribution in [-0.4, -0.2) is 62.5 Å². The zero-order valence-electron chi connectivity index (χ0n) is 17.5. The highest BCUT2D eigenvalue weighted by molar-refractivity contribution is 8.22. The predicted molar refractivity (Wildman–Crippen MR) is 120 cm³/mol. The van der Waals surface area contributed by atoms with Gasteiger partial charge in [0.05, 0.1) is 12.2 Å². The average molecular weight is 422 g/mol. The molecule has 1 saturated carbocycles. The molecule has 0 spiro atoms. The van der Waals surface area contributed by atoms with Crippen LogP contribution in [0.1, 0.15) is 67.2 Å². The van der Waals surface area contributed by atoms with Crippen molar-refractivity contribution in [1.82, 2.24) is 4.90 Å². The lowest BCUT2D eigenvalue weighted by Gasteiger charge is -2.22. The first kappa shape index (κ1) is 24.4. The van der Waals surface area contributed by atoms with E-state index in [9.17, 15) is 0 Å². The lowest BCUT2D eigenvalue weighted by atomic mass is 9.88. The van der Waals surface area contributed by atoms with Crippen molar-refractivity contribution in [3.05, 3.63) is 0 Å². The molecular weight excluding hydrogens is 382 g/mol. The molecule has 0 aromatic heterocycles. The number of ether oxygens (including phenoxy) is 1. The van der Waals surface area contributed by atoms with Crippen LogP contribution < -0.4 is 0 Å². The van der Waals surface area contributed by atoms with Gasteiger partial charge in [0.1, 0.15) is 4.32 Å². The van der Waals surface area contributed by atoms with Gasteiger partial charge in [-0.2, -0.15) is 0 Å². The van der Waals surface area contributed by atoms with Crippen molar-refractivity contribution in [3.63, 3.8) is 0 Å². The van der Waals surface area contributed by atoms with E-state index >= 15 is 0 Å². The summed E-state index contributed by atoms with van der Waals surface area (Å²) in [5.41, 5.74) is 0. The molecule has 1 heterocycles. The van der Waals surface area contributed by atoms with Crippen molar-refractivity contribution in [2.45, 2.75) is 91.6 Å². The van der Waals surface area contributed by atoms with E-state index in [1.165, 1.54) is 31.4 Å². The average Bonchev–Trinajstić information content (AvgIpc) is 3.34. The van der Waals surface area contributed by atoms with Crippen molar-refractivity contribution in [2.75, 3.05) is 18.8 Å². The molecule has 0 bridgehead atoms. The highest BCUT2D eigenvalue weighted by Crippen LogP contribution is 2.40. The van der Waals surface area contributed by atoms with Crippen molar-refractivity contribution in [3.8, 4) is 0 Å². The van der Waals surface area contributed by atoms with Gasteiger partial charge in [0, 0.05) is 31.1 Å². The maximum atomic E-state index is 5.57. The van der Waals surface area contributed by atoms with Gasteiger partial charge in [-0.05, 0) is 73.1 Å². The molecule has 26 heavy (non-hydrogen) atoms. The Morgan fingerprint density at radius 2 is 1.73 bits per heavy atom. The quantitative estimate of drug-likeness (QED) is 0.316. The Hall–Kier alpha value is 0.337. The second-order valence-electron chi connectivity index (χ2n) is 7.52. The molecule has 1 aliphatic carbocycles. The van der Waals surface area contributed by atoms with Gasteiger partial charge in [-0.1, -0.05) is 24.0 Å². The summed E-state index contributed by atoms with van der Waals surface area (Å²) in [4.78, 5) is 2.26. The van der Waals surface area contributed by atoms with Crippen LogP contribution in [0.15, 0.2) is 0 Å². The number of hydrogen-bond donors (Lipinski definition) is 0. The molecule has 154 valence electrons. The summed E-state index contributed by atoms with van der Waals surface area (Å²) < 4.78 is 17.2. The van der Waals surface area contributed by atoms with E-state index in [0.29, 0.717) is 24.4 Å². The van der Waals surface area contributed by atoms with Crippen LogP contribution >= 0.6 is 24.0 Å². The number of thiocarbonyl (C=S) groups is 1. The van der Waals surface area contributed by atoms with Gasteiger partial charge >= 0.3 is 10.0 Å². The van der Waals surface area contributed by atoms with Crippen LogP contribution in [0.2, 0.25) is 0 Å². The summed E-state index contributed by atoms with van der Waals surface area (Å²) in [5.74, 6) is 2.06. The van der Waals surface area contributed by atoms with Gasteiger partial charge in [0.25, 0.3) is 0 Å². The third-order valence-corrected chi connectivity index (χ3v) is 7.85. The van der Waals surface area contributed by atoms with Gasteiger partial charge in [-0.15, -0.1) is 0 Å². The minimum Gasteiger partial charge on any atom is -0.396 e. The molecule has 2 rings (SSSR count). The molecule has 0 aromatic rings. The van der Waals surface area contributed by atoms with Crippen LogP contribution in [0.3, 0.4) is 0 Å². The summed E-state index contributed by atoms with van der Waals surface area (Å²) in [6.45, 7) is 14.5. The Balaban J connectivity index is 0.000000321. The zero-order chi connectivity index (χ0) is 19.5. The smallest absolute Gasteiger partial charge is 0.304 e. The molecule has 4 nitrogen and oxygen atoms in total. The van der Waals surface area contributed by atoms with Crippen LogP contribution in [0.4, 0.5) is 0 Å². The molecule has 2 aliphatic rings. The minimum absolute atomic E-state index is 0.329. The van der Waals surface area contributed by atoms with E-state index in [1.54, 1.807) is 0 Å². The fourth-order valence-corrected chi connectivity index (χ4v) is 5.14. The van der Waals surface area contributed by atoms with E-state index in [-0.39, 0.29) is 0 Å². The molecule has 3 unspecified atom stereocenters. The summed E-state index contributed by atoms with van der Waals surface area (Å²) in [7, 11) is -0.684. The Morgan fingerprint density at radius 1 is 1.12 bits per heavy atom. The van der Waals surface area contributed by atoms with Crippen LogP contribution in [0.25, 0.3) is 0 Å². The molecule has 1 aliphatic heterocycles. The highest BCUT2D eigenvalue weighted by Gasteiger charge is 2.43. The number of epoxide rings is 1. The first-order valence-electron chi connectivity index (χ1n) is 10.2. The van der Waals surface area contributed by atoms with Crippen molar-refractivity contribution >= 4 is 38.3 Å². The second-order valence-corrected chi connectivity index (χ2v) is 10.1. The number of hydrogen-bond acceptors (Lipinski definition) is 5. The van der Waals surface area contributed by atoms with Crippen molar-refractivity contribution in [1.29, 1.82) is 0 Å². The first-order chi connectivity index (χ1) is 12.4. The van der Waals surface area contributed by atoms with E-state index in [4.69, 9.17) is 25.8 Å². The Kier molecular flexibility index (Phi) is 12.7. The number of fused-ring (bicyclic) bond motifs is 1.